The summed E-state index contributed by atoms with van der Waals surface area (Å²) in [4.78, 5) is 1.93. The standard InChI is InChI=1S/C15H15ClFNO/c1-18(2)12-5-3-4-10(8-12)15(19)13-9-11(17)6-7-14(13)16/h3-9,15,19H,1-2H3. The van der Waals surface area contributed by atoms with Crippen molar-refractivity contribution < 1.29 is 9.50 Å². The fourth-order valence-electron chi connectivity index (χ4n) is 1.88. The molecule has 0 aliphatic carbocycles. The first-order chi connectivity index (χ1) is 8.99. The number of halogens is 2. The highest BCUT2D eigenvalue weighted by molar-refractivity contribution is 6.31. The van der Waals surface area contributed by atoms with Crippen LogP contribution < -0.4 is 4.90 Å². The molecule has 0 radical (unpaired) electrons. The van der Waals surface area contributed by atoms with Gasteiger partial charge in [0, 0.05) is 30.4 Å². The van der Waals surface area contributed by atoms with Crippen molar-refractivity contribution in [3.8, 4) is 0 Å². The van der Waals surface area contributed by atoms with Crippen LogP contribution in [0.1, 0.15) is 17.2 Å². The molecule has 2 aromatic carbocycles. The molecule has 1 atom stereocenters. The molecule has 0 saturated carbocycles. The van der Waals surface area contributed by atoms with Crippen LogP contribution >= 0.6 is 11.6 Å². The highest BCUT2D eigenvalue weighted by atomic mass is 35.5. The van der Waals surface area contributed by atoms with Crippen molar-refractivity contribution in [2.45, 2.75) is 6.10 Å². The van der Waals surface area contributed by atoms with Gasteiger partial charge in [-0.1, -0.05) is 23.7 Å². The third-order valence-corrected chi connectivity index (χ3v) is 3.30. The van der Waals surface area contributed by atoms with Crippen molar-refractivity contribution in [1.82, 2.24) is 0 Å². The van der Waals surface area contributed by atoms with Crippen LogP contribution in [-0.2, 0) is 0 Å². The molecule has 0 saturated heterocycles. The Bertz CT molecular complexity index is 586. The molecule has 0 heterocycles. The van der Waals surface area contributed by atoms with Crippen molar-refractivity contribution in [2.75, 3.05) is 19.0 Å². The maximum atomic E-state index is 13.3. The lowest BCUT2D eigenvalue weighted by molar-refractivity contribution is 0.220. The van der Waals surface area contributed by atoms with E-state index in [1.54, 1.807) is 6.07 Å². The van der Waals surface area contributed by atoms with Gasteiger partial charge >= 0.3 is 0 Å². The second-order valence-electron chi connectivity index (χ2n) is 4.56. The Morgan fingerprint density at radius 2 is 1.89 bits per heavy atom. The van der Waals surface area contributed by atoms with E-state index in [1.165, 1.54) is 18.2 Å². The summed E-state index contributed by atoms with van der Waals surface area (Å²) < 4.78 is 13.3. The largest absolute Gasteiger partial charge is 0.384 e. The third kappa shape index (κ3) is 3.06. The SMILES string of the molecule is CN(C)c1cccc(C(O)c2cc(F)ccc2Cl)c1. The Kier molecular flexibility index (Phi) is 4.08. The molecule has 0 bridgehead atoms. The van der Waals surface area contributed by atoms with Crippen LogP contribution in [0.15, 0.2) is 42.5 Å². The molecule has 1 N–H and O–H groups in total. The lowest BCUT2D eigenvalue weighted by Crippen LogP contribution is -2.09. The smallest absolute Gasteiger partial charge is 0.123 e. The highest BCUT2D eigenvalue weighted by Crippen LogP contribution is 2.30. The van der Waals surface area contributed by atoms with Gasteiger partial charge in [-0.2, -0.15) is 0 Å². The predicted octanol–water partition coefficient (Wildman–Crippen LogP) is 3.63. The van der Waals surface area contributed by atoms with Gasteiger partial charge in [0.15, 0.2) is 0 Å². The highest BCUT2D eigenvalue weighted by Gasteiger charge is 2.15. The monoisotopic (exact) mass is 279 g/mol. The summed E-state index contributed by atoms with van der Waals surface area (Å²) in [7, 11) is 3.83. The second-order valence-corrected chi connectivity index (χ2v) is 4.96. The minimum atomic E-state index is -0.942. The molecule has 0 spiro atoms. The van der Waals surface area contributed by atoms with Crippen molar-refractivity contribution in [3.63, 3.8) is 0 Å². The minimum Gasteiger partial charge on any atom is -0.384 e. The number of aliphatic hydroxyl groups is 1. The molecule has 0 fully saturated rings. The molecule has 4 heteroatoms. The summed E-state index contributed by atoms with van der Waals surface area (Å²) in [6.07, 6.45) is -0.942. The summed E-state index contributed by atoms with van der Waals surface area (Å²) in [5, 5.41) is 10.7. The van der Waals surface area contributed by atoms with Gasteiger partial charge < -0.3 is 10.0 Å². The maximum Gasteiger partial charge on any atom is 0.123 e. The van der Waals surface area contributed by atoms with E-state index in [0.717, 1.165) is 5.69 Å². The number of hydrogen-bond acceptors (Lipinski definition) is 2. The number of anilines is 1. The summed E-state index contributed by atoms with van der Waals surface area (Å²) in [6.45, 7) is 0. The topological polar surface area (TPSA) is 23.5 Å². The summed E-state index contributed by atoms with van der Waals surface area (Å²) in [5.74, 6) is -0.415. The van der Waals surface area contributed by atoms with Gasteiger partial charge in [-0.3, -0.25) is 0 Å². The molecule has 0 amide bonds. The van der Waals surface area contributed by atoms with E-state index < -0.39 is 11.9 Å². The van der Waals surface area contributed by atoms with Crippen LogP contribution in [0.3, 0.4) is 0 Å². The Balaban J connectivity index is 2.41. The Labute approximate surface area is 117 Å². The van der Waals surface area contributed by atoms with Gasteiger partial charge in [-0.25, -0.2) is 4.39 Å². The summed E-state index contributed by atoms with van der Waals surface area (Å²) >= 11 is 6.01. The van der Waals surface area contributed by atoms with Crippen LogP contribution in [-0.4, -0.2) is 19.2 Å². The first-order valence-electron chi connectivity index (χ1n) is 5.89. The molecule has 0 aromatic heterocycles. The Hall–Kier alpha value is -1.58. The van der Waals surface area contributed by atoms with Gasteiger partial charge in [0.05, 0.1) is 0 Å². The van der Waals surface area contributed by atoms with Crippen LogP contribution in [0.2, 0.25) is 5.02 Å². The van der Waals surface area contributed by atoms with Crippen LogP contribution in [0.25, 0.3) is 0 Å². The lowest BCUT2D eigenvalue weighted by atomic mass is 10.0. The van der Waals surface area contributed by atoms with Crippen molar-refractivity contribution in [2.24, 2.45) is 0 Å². The quantitative estimate of drug-likeness (QED) is 0.927. The summed E-state index contributed by atoms with van der Waals surface area (Å²) in [5.41, 5.74) is 2.01. The van der Waals surface area contributed by atoms with Crippen LogP contribution in [0, 0.1) is 5.82 Å². The normalized spacial score (nSPS) is 12.3. The van der Waals surface area contributed by atoms with Gasteiger partial charge in [0.1, 0.15) is 11.9 Å². The molecule has 2 rings (SSSR count). The predicted molar refractivity (Wildman–Crippen MR) is 76.2 cm³/mol. The third-order valence-electron chi connectivity index (χ3n) is 2.95. The van der Waals surface area contributed by atoms with Gasteiger partial charge in [0.2, 0.25) is 0 Å². The molecule has 19 heavy (non-hydrogen) atoms. The fourth-order valence-corrected chi connectivity index (χ4v) is 2.10. The molecule has 0 aliphatic rings. The molecular formula is C15H15ClFNO. The van der Waals surface area contributed by atoms with Gasteiger partial charge in [-0.05, 0) is 35.9 Å². The average molecular weight is 280 g/mol. The molecule has 0 aliphatic heterocycles. The molecule has 2 nitrogen and oxygen atoms in total. The number of rotatable bonds is 3. The van der Waals surface area contributed by atoms with E-state index in [2.05, 4.69) is 0 Å². The van der Waals surface area contributed by atoms with Crippen molar-refractivity contribution >= 4 is 17.3 Å². The Morgan fingerprint density at radius 3 is 2.58 bits per heavy atom. The summed E-state index contributed by atoms with van der Waals surface area (Å²) in [6, 6.07) is 11.4. The van der Waals surface area contributed by atoms with E-state index in [4.69, 9.17) is 11.6 Å². The number of hydrogen-bond donors (Lipinski definition) is 1. The first-order valence-corrected chi connectivity index (χ1v) is 6.27. The Morgan fingerprint density at radius 1 is 1.16 bits per heavy atom. The number of aliphatic hydroxyl groups excluding tert-OH is 1. The van der Waals surface area contributed by atoms with E-state index in [0.29, 0.717) is 16.1 Å². The zero-order chi connectivity index (χ0) is 14.0. The molecule has 1 unspecified atom stereocenters. The van der Waals surface area contributed by atoms with E-state index in [1.807, 2.05) is 37.2 Å². The average Bonchev–Trinajstić information content (AvgIpc) is 2.41. The zero-order valence-corrected chi connectivity index (χ0v) is 11.5. The van der Waals surface area contributed by atoms with Crippen LogP contribution in [0.5, 0.6) is 0 Å². The van der Waals surface area contributed by atoms with Crippen molar-refractivity contribution in [3.05, 3.63) is 64.4 Å². The van der Waals surface area contributed by atoms with Gasteiger partial charge in [0.25, 0.3) is 0 Å². The van der Waals surface area contributed by atoms with Crippen LogP contribution in [0.4, 0.5) is 10.1 Å². The first kappa shape index (κ1) is 13.8. The van der Waals surface area contributed by atoms with E-state index in [-0.39, 0.29) is 0 Å². The van der Waals surface area contributed by atoms with E-state index >= 15 is 0 Å². The van der Waals surface area contributed by atoms with E-state index in [9.17, 15) is 9.50 Å². The zero-order valence-electron chi connectivity index (χ0n) is 10.8. The molecular weight excluding hydrogens is 265 g/mol. The molecule has 2 aromatic rings. The number of benzene rings is 2. The van der Waals surface area contributed by atoms with Gasteiger partial charge in [-0.15, -0.1) is 0 Å². The molecule has 100 valence electrons. The second kappa shape index (κ2) is 5.59. The number of nitrogens with zero attached hydrogens (tertiary/aromatic N) is 1. The minimum absolute atomic E-state index is 0.351. The fraction of sp³-hybridized carbons (Fsp3) is 0.200. The maximum absolute atomic E-state index is 13.3. The van der Waals surface area contributed by atoms with Crippen molar-refractivity contribution in [1.29, 1.82) is 0 Å². The lowest BCUT2D eigenvalue weighted by Gasteiger charge is -2.17.